The van der Waals surface area contributed by atoms with Crippen LogP contribution in [0.4, 0.5) is 5.69 Å². The molecule has 1 heterocycles. The quantitative estimate of drug-likeness (QED) is 0.409. The Morgan fingerprint density at radius 1 is 1.25 bits per heavy atom. The molecule has 1 atom stereocenters. The van der Waals surface area contributed by atoms with Crippen molar-refractivity contribution in [3.05, 3.63) is 57.8 Å². The van der Waals surface area contributed by atoms with E-state index < -0.39 is 16.9 Å². The number of aryl methyl sites for hydroxylation is 1. The first-order valence-electron chi connectivity index (χ1n) is 10.7. The number of benzene rings is 1. The minimum atomic E-state index is -0.749. The molecule has 1 aliphatic carbocycles. The predicted octanol–water partition coefficient (Wildman–Crippen LogP) is 3.62. The summed E-state index contributed by atoms with van der Waals surface area (Å²) < 4.78 is 5.27. The van der Waals surface area contributed by atoms with E-state index >= 15 is 0 Å². The molecule has 1 aromatic carbocycles. The lowest BCUT2D eigenvalue weighted by Gasteiger charge is -2.22. The third kappa shape index (κ3) is 7.08. The number of oxazole rings is 1. The molecule has 2 N–H and O–H groups in total. The van der Waals surface area contributed by atoms with E-state index in [1.165, 1.54) is 50.4 Å². The summed E-state index contributed by atoms with van der Waals surface area (Å²) in [7, 11) is 0. The van der Waals surface area contributed by atoms with Crippen molar-refractivity contribution < 1.29 is 18.9 Å². The van der Waals surface area contributed by atoms with Crippen LogP contribution in [0.25, 0.3) is 0 Å². The number of carbonyl (C=O) groups is 2. The molecule has 1 saturated carbocycles. The van der Waals surface area contributed by atoms with Gasteiger partial charge >= 0.3 is 5.91 Å². The molecule has 10 heteroatoms. The summed E-state index contributed by atoms with van der Waals surface area (Å²) in [6.07, 6.45) is 7.68. The maximum Gasteiger partial charge on any atom is 0.307 e. The Hall–Kier alpha value is -2.88. The highest BCUT2D eigenvalue weighted by Gasteiger charge is 2.24. The minimum absolute atomic E-state index is 0.00873. The normalized spacial score (nSPS) is 15.2. The van der Waals surface area contributed by atoms with E-state index in [1.807, 2.05) is 0 Å². The van der Waals surface area contributed by atoms with E-state index in [-0.39, 0.29) is 24.0 Å². The van der Waals surface area contributed by atoms with Crippen LogP contribution in [0.1, 0.15) is 54.1 Å². The molecule has 1 aliphatic rings. The minimum Gasteiger partial charge on any atom is -0.438 e. The summed E-state index contributed by atoms with van der Waals surface area (Å²) in [4.78, 5) is 39.6. The average molecular weight is 461 g/mol. The molecule has 32 heavy (non-hydrogen) atoms. The van der Waals surface area contributed by atoms with Crippen molar-refractivity contribution in [3.63, 3.8) is 0 Å². The lowest BCUT2D eigenvalue weighted by Crippen LogP contribution is -2.48. The Morgan fingerprint density at radius 2 is 1.97 bits per heavy atom. The molecule has 0 radical (unpaired) electrons. The van der Waals surface area contributed by atoms with Crippen LogP contribution in [0.3, 0.4) is 0 Å². The number of hydrogen-bond acceptors (Lipinski definition) is 7. The molecule has 0 spiro atoms. The fraction of sp³-hybridized carbons (Fsp3) is 0.500. The zero-order valence-electron chi connectivity index (χ0n) is 18.0. The number of nitrogens with zero attached hydrogens (tertiary/aromatic N) is 2. The molecular formula is C22H28N4O5S. The third-order valence-electron chi connectivity index (χ3n) is 5.41. The lowest BCUT2D eigenvalue weighted by molar-refractivity contribution is -0.384. The van der Waals surface area contributed by atoms with E-state index in [4.69, 9.17) is 4.42 Å². The third-order valence-corrected chi connectivity index (χ3v) is 6.69. The first kappa shape index (κ1) is 23.8. The van der Waals surface area contributed by atoms with Gasteiger partial charge in [0.05, 0.1) is 11.1 Å². The van der Waals surface area contributed by atoms with Crippen LogP contribution in [-0.4, -0.2) is 39.3 Å². The number of nitro benzene ring substituents is 1. The number of non-ortho nitro benzene ring substituents is 1. The summed E-state index contributed by atoms with van der Waals surface area (Å²) in [5.74, 6) is 1.63. The number of rotatable bonds is 10. The predicted molar refractivity (Wildman–Crippen MR) is 121 cm³/mol. The second kappa shape index (κ2) is 11.7. The summed E-state index contributed by atoms with van der Waals surface area (Å²) in [6.45, 7) is 1.90. The number of amides is 2. The largest absolute Gasteiger partial charge is 0.438 e. The summed E-state index contributed by atoms with van der Waals surface area (Å²) in [5.41, 5.74) is 0.720. The molecule has 0 aliphatic heterocycles. The summed E-state index contributed by atoms with van der Waals surface area (Å²) in [5, 5.41) is 16.3. The fourth-order valence-corrected chi connectivity index (χ4v) is 4.89. The van der Waals surface area contributed by atoms with Gasteiger partial charge in [-0.3, -0.25) is 19.7 Å². The molecule has 2 amide bonds. The van der Waals surface area contributed by atoms with Crippen LogP contribution < -0.4 is 10.6 Å². The van der Waals surface area contributed by atoms with E-state index in [9.17, 15) is 19.7 Å². The van der Waals surface area contributed by atoms with Crippen molar-refractivity contribution in [2.24, 2.45) is 5.92 Å². The van der Waals surface area contributed by atoms with E-state index in [1.54, 1.807) is 30.8 Å². The first-order valence-corrected chi connectivity index (χ1v) is 11.9. The van der Waals surface area contributed by atoms with Crippen LogP contribution in [-0.2, 0) is 11.3 Å². The second-order valence-corrected chi connectivity index (χ2v) is 9.06. The van der Waals surface area contributed by atoms with Gasteiger partial charge in [0.2, 0.25) is 5.91 Å². The first-order chi connectivity index (χ1) is 15.4. The van der Waals surface area contributed by atoms with Gasteiger partial charge in [0, 0.05) is 24.4 Å². The maximum absolute atomic E-state index is 12.8. The van der Waals surface area contributed by atoms with Crippen molar-refractivity contribution >= 4 is 29.3 Å². The van der Waals surface area contributed by atoms with Crippen molar-refractivity contribution in [2.45, 2.75) is 51.6 Å². The average Bonchev–Trinajstić information content (AvgIpc) is 3.24. The number of nitro groups is 1. The SMILES string of the molecule is Cc1cnc(C(=O)N[C@@H](CSCC2CCCCC2)C(=O)NCc2ccc([N+](=O)[O-])cc2)o1. The number of nitrogens with one attached hydrogen (secondary N) is 2. The van der Waals surface area contributed by atoms with Gasteiger partial charge in [-0.05, 0) is 37.0 Å². The molecule has 1 aromatic heterocycles. The number of thioether (sulfide) groups is 1. The number of carbonyl (C=O) groups excluding carboxylic acids is 2. The van der Waals surface area contributed by atoms with Crippen molar-refractivity contribution in [1.82, 2.24) is 15.6 Å². The maximum atomic E-state index is 12.8. The van der Waals surface area contributed by atoms with E-state index in [0.29, 0.717) is 17.4 Å². The van der Waals surface area contributed by atoms with Gasteiger partial charge in [-0.2, -0.15) is 11.8 Å². The van der Waals surface area contributed by atoms with Gasteiger partial charge in [-0.25, -0.2) is 4.98 Å². The second-order valence-electron chi connectivity index (χ2n) is 7.98. The Balaban J connectivity index is 1.57. The number of hydrogen-bond donors (Lipinski definition) is 2. The van der Waals surface area contributed by atoms with Crippen molar-refractivity contribution in [2.75, 3.05) is 11.5 Å². The smallest absolute Gasteiger partial charge is 0.307 e. The highest BCUT2D eigenvalue weighted by molar-refractivity contribution is 7.99. The topological polar surface area (TPSA) is 127 Å². The number of aromatic nitrogens is 1. The molecule has 2 aromatic rings. The molecule has 0 saturated heterocycles. The highest BCUT2D eigenvalue weighted by atomic mass is 32.2. The molecule has 172 valence electrons. The molecular weight excluding hydrogens is 432 g/mol. The molecule has 3 rings (SSSR count). The fourth-order valence-electron chi connectivity index (χ4n) is 3.62. The van der Waals surface area contributed by atoms with Gasteiger partial charge in [0.15, 0.2) is 0 Å². The zero-order chi connectivity index (χ0) is 22.9. The molecule has 1 fully saturated rings. The van der Waals surface area contributed by atoms with Crippen LogP contribution >= 0.6 is 11.8 Å². The van der Waals surface area contributed by atoms with Crippen LogP contribution in [0, 0.1) is 23.0 Å². The monoisotopic (exact) mass is 460 g/mol. The Morgan fingerprint density at radius 3 is 2.59 bits per heavy atom. The zero-order valence-corrected chi connectivity index (χ0v) is 18.9. The van der Waals surface area contributed by atoms with E-state index in [0.717, 1.165) is 11.3 Å². The summed E-state index contributed by atoms with van der Waals surface area (Å²) in [6, 6.07) is 5.23. The van der Waals surface area contributed by atoms with Gasteiger partial charge in [-0.1, -0.05) is 31.4 Å². The van der Waals surface area contributed by atoms with Crippen LogP contribution in [0.5, 0.6) is 0 Å². The van der Waals surface area contributed by atoms with Gasteiger partial charge in [0.1, 0.15) is 11.8 Å². The van der Waals surface area contributed by atoms with Crippen LogP contribution in [0.2, 0.25) is 0 Å². The van der Waals surface area contributed by atoms with E-state index in [2.05, 4.69) is 15.6 Å². The van der Waals surface area contributed by atoms with Crippen LogP contribution in [0.15, 0.2) is 34.9 Å². The molecule has 9 nitrogen and oxygen atoms in total. The standard InChI is InChI=1S/C22H28N4O5S/c1-15-11-24-22(31-15)21(28)25-19(14-32-13-17-5-3-2-4-6-17)20(27)23-12-16-7-9-18(10-8-16)26(29)30/h7-11,17,19H,2-6,12-14H2,1H3,(H,23,27)(H,25,28)/t19-/m0/s1. The van der Waals surface area contributed by atoms with Gasteiger partial charge in [0.25, 0.3) is 11.6 Å². The lowest BCUT2D eigenvalue weighted by atomic mass is 9.91. The Labute approximate surface area is 190 Å². The van der Waals surface area contributed by atoms with Crippen molar-refractivity contribution in [3.8, 4) is 0 Å². The van der Waals surface area contributed by atoms with Crippen molar-refractivity contribution in [1.29, 1.82) is 0 Å². The molecule has 0 unspecified atom stereocenters. The summed E-state index contributed by atoms with van der Waals surface area (Å²) >= 11 is 1.66. The Bertz CT molecular complexity index is 925. The molecule has 0 bridgehead atoms. The Kier molecular flexibility index (Phi) is 8.66. The van der Waals surface area contributed by atoms with Gasteiger partial charge < -0.3 is 15.1 Å². The highest BCUT2D eigenvalue weighted by Crippen LogP contribution is 2.27. The van der Waals surface area contributed by atoms with Gasteiger partial charge in [-0.15, -0.1) is 0 Å².